The molecule has 3 aliphatic rings. The van der Waals surface area contributed by atoms with Crippen molar-refractivity contribution in [1.29, 1.82) is 0 Å². The molecular weight excluding hydrogens is 464 g/mol. The summed E-state index contributed by atoms with van der Waals surface area (Å²) in [6, 6.07) is 12.5. The number of hydrogen-bond donors (Lipinski definition) is 0. The molecule has 0 radical (unpaired) electrons. The minimum absolute atomic E-state index is 0.112. The van der Waals surface area contributed by atoms with Gasteiger partial charge in [0.05, 0.1) is 16.3 Å². The van der Waals surface area contributed by atoms with Crippen LogP contribution in [0, 0.1) is 0 Å². The van der Waals surface area contributed by atoms with E-state index in [4.69, 9.17) is 0 Å². The van der Waals surface area contributed by atoms with Gasteiger partial charge in [0.15, 0.2) is 0 Å². The van der Waals surface area contributed by atoms with E-state index in [0.717, 1.165) is 49.2 Å². The molecule has 9 heteroatoms. The summed E-state index contributed by atoms with van der Waals surface area (Å²) >= 11 is 0. The highest BCUT2D eigenvalue weighted by Crippen LogP contribution is 2.41. The SMILES string of the molecule is CCN(CC)S(=O)(=O)c1ccc2c(c1)N(CC(=O)N1CCc3ccccc31)C(=O)C1CCCCN21. The van der Waals surface area contributed by atoms with Crippen molar-refractivity contribution < 1.29 is 18.0 Å². The van der Waals surface area contributed by atoms with Crippen molar-refractivity contribution in [1.82, 2.24) is 4.31 Å². The van der Waals surface area contributed by atoms with Gasteiger partial charge < -0.3 is 9.80 Å². The molecule has 35 heavy (non-hydrogen) atoms. The standard InChI is InChI=1S/C26H32N4O4S/c1-3-27(4-2)35(33,34)20-12-13-22-24(17-20)30(26(32)23-11-7-8-15-28(22)23)18-25(31)29-16-14-19-9-5-6-10-21(19)29/h5-6,9-10,12-13,17,23H,3-4,7-8,11,14-16,18H2,1-2H3. The number of para-hydroxylation sites is 1. The molecule has 0 aliphatic carbocycles. The van der Waals surface area contributed by atoms with Crippen molar-refractivity contribution in [3.63, 3.8) is 0 Å². The molecule has 5 rings (SSSR count). The van der Waals surface area contributed by atoms with Crippen molar-refractivity contribution in [2.24, 2.45) is 0 Å². The summed E-state index contributed by atoms with van der Waals surface area (Å²) in [7, 11) is -3.71. The second-order valence-corrected chi connectivity index (χ2v) is 11.2. The number of hydrogen-bond acceptors (Lipinski definition) is 5. The Morgan fingerprint density at radius 3 is 2.54 bits per heavy atom. The van der Waals surface area contributed by atoms with Crippen LogP contribution >= 0.6 is 0 Å². The number of fused-ring (bicyclic) bond motifs is 4. The van der Waals surface area contributed by atoms with Crippen LogP contribution in [-0.4, -0.2) is 63.3 Å². The topological polar surface area (TPSA) is 81.2 Å². The van der Waals surface area contributed by atoms with Crippen molar-refractivity contribution in [2.75, 3.05) is 47.4 Å². The maximum absolute atomic E-state index is 13.7. The summed E-state index contributed by atoms with van der Waals surface area (Å²) in [5, 5.41) is 0. The van der Waals surface area contributed by atoms with Gasteiger partial charge in [0.1, 0.15) is 12.6 Å². The number of sulfonamides is 1. The van der Waals surface area contributed by atoms with E-state index in [9.17, 15) is 18.0 Å². The lowest BCUT2D eigenvalue weighted by Gasteiger charge is -2.45. The fourth-order valence-electron chi connectivity index (χ4n) is 5.59. The summed E-state index contributed by atoms with van der Waals surface area (Å²) in [5.41, 5.74) is 3.33. The first-order valence-electron chi connectivity index (χ1n) is 12.5. The molecule has 8 nitrogen and oxygen atoms in total. The molecule has 2 amide bonds. The van der Waals surface area contributed by atoms with Crippen LogP contribution in [0.3, 0.4) is 0 Å². The zero-order chi connectivity index (χ0) is 24.7. The fourth-order valence-corrected chi connectivity index (χ4v) is 7.07. The average molecular weight is 497 g/mol. The van der Waals surface area contributed by atoms with Crippen LogP contribution in [0.4, 0.5) is 17.1 Å². The maximum Gasteiger partial charge on any atom is 0.250 e. The molecule has 3 aliphatic heterocycles. The molecule has 2 aromatic carbocycles. The quantitative estimate of drug-likeness (QED) is 0.614. The van der Waals surface area contributed by atoms with E-state index >= 15 is 0 Å². The summed E-state index contributed by atoms with van der Waals surface area (Å²) in [5.74, 6) is -0.286. The van der Waals surface area contributed by atoms with E-state index in [2.05, 4.69) is 4.90 Å². The molecule has 0 aromatic heterocycles. The number of carbonyl (C=O) groups is 2. The fraction of sp³-hybridized carbons (Fsp3) is 0.462. The Labute approximate surface area is 207 Å². The van der Waals surface area contributed by atoms with Gasteiger partial charge in [-0.2, -0.15) is 4.31 Å². The highest BCUT2D eigenvalue weighted by atomic mass is 32.2. The minimum atomic E-state index is -3.71. The average Bonchev–Trinajstić information content (AvgIpc) is 3.31. The molecule has 0 bridgehead atoms. The Bertz CT molecular complexity index is 1260. The largest absolute Gasteiger partial charge is 0.358 e. The van der Waals surface area contributed by atoms with Crippen molar-refractivity contribution in [3.8, 4) is 0 Å². The number of benzene rings is 2. The van der Waals surface area contributed by atoms with Crippen LogP contribution in [0.15, 0.2) is 47.4 Å². The van der Waals surface area contributed by atoms with Gasteiger partial charge in [0.25, 0.3) is 0 Å². The van der Waals surface area contributed by atoms with Crippen molar-refractivity contribution >= 4 is 38.9 Å². The van der Waals surface area contributed by atoms with E-state index in [0.29, 0.717) is 25.3 Å². The van der Waals surface area contributed by atoms with Gasteiger partial charge in [-0.05, 0) is 55.5 Å². The number of amides is 2. The molecule has 1 atom stereocenters. The van der Waals surface area contributed by atoms with Crippen molar-refractivity contribution in [3.05, 3.63) is 48.0 Å². The van der Waals surface area contributed by atoms with Gasteiger partial charge in [-0.15, -0.1) is 0 Å². The highest BCUT2D eigenvalue weighted by molar-refractivity contribution is 7.89. The third kappa shape index (κ3) is 4.00. The lowest BCUT2D eigenvalue weighted by molar-refractivity contribution is -0.123. The smallest absolute Gasteiger partial charge is 0.250 e. The lowest BCUT2D eigenvalue weighted by Crippen LogP contribution is -2.57. The van der Waals surface area contributed by atoms with Gasteiger partial charge >= 0.3 is 0 Å². The first kappa shape index (κ1) is 23.8. The molecule has 186 valence electrons. The number of rotatable bonds is 6. The number of carbonyl (C=O) groups excluding carboxylic acids is 2. The molecule has 0 spiro atoms. The molecule has 3 heterocycles. The monoisotopic (exact) mass is 496 g/mol. The van der Waals surface area contributed by atoms with Crippen molar-refractivity contribution in [2.45, 2.75) is 50.5 Å². The number of nitrogens with zero attached hydrogens (tertiary/aromatic N) is 4. The Hall–Kier alpha value is -2.91. The van der Waals surface area contributed by atoms with E-state index < -0.39 is 10.0 Å². The second kappa shape index (κ2) is 9.28. The van der Waals surface area contributed by atoms with Crippen LogP contribution in [0.25, 0.3) is 0 Å². The lowest BCUT2D eigenvalue weighted by atomic mass is 9.96. The summed E-state index contributed by atoms with van der Waals surface area (Å²) < 4.78 is 27.9. The zero-order valence-corrected chi connectivity index (χ0v) is 21.1. The molecule has 2 aromatic rings. The summed E-state index contributed by atoms with van der Waals surface area (Å²) in [4.78, 5) is 32.6. The van der Waals surface area contributed by atoms with Crippen LogP contribution < -0.4 is 14.7 Å². The predicted molar refractivity (Wildman–Crippen MR) is 136 cm³/mol. The van der Waals surface area contributed by atoms with Gasteiger partial charge in [-0.25, -0.2) is 8.42 Å². The Morgan fingerprint density at radius 1 is 1.00 bits per heavy atom. The maximum atomic E-state index is 13.7. The number of piperidine rings is 1. The van der Waals surface area contributed by atoms with Crippen LogP contribution in [0.2, 0.25) is 0 Å². The minimum Gasteiger partial charge on any atom is -0.358 e. The molecule has 0 N–H and O–H groups in total. The molecule has 1 fully saturated rings. The molecule has 1 saturated heterocycles. The normalized spacial score (nSPS) is 19.6. The van der Waals surface area contributed by atoms with Gasteiger partial charge in [-0.3, -0.25) is 14.5 Å². The van der Waals surface area contributed by atoms with E-state index in [-0.39, 0.29) is 29.3 Å². The first-order valence-corrected chi connectivity index (χ1v) is 13.9. The Kier molecular flexibility index (Phi) is 6.31. The zero-order valence-electron chi connectivity index (χ0n) is 20.3. The van der Waals surface area contributed by atoms with Crippen LogP contribution in [0.5, 0.6) is 0 Å². The third-order valence-corrected chi connectivity index (χ3v) is 9.47. The molecular formula is C26H32N4O4S. The third-order valence-electron chi connectivity index (χ3n) is 7.43. The summed E-state index contributed by atoms with van der Waals surface area (Å²) in [6.07, 6.45) is 3.45. The van der Waals surface area contributed by atoms with Crippen LogP contribution in [-0.2, 0) is 26.0 Å². The first-order chi connectivity index (χ1) is 16.9. The van der Waals surface area contributed by atoms with Gasteiger partial charge in [-0.1, -0.05) is 32.0 Å². The van der Waals surface area contributed by atoms with E-state index in [1.54, 1.807) is 36.9 Å². The highest BCUT2D eigenvalue weighted by Gasteiger charge is 2.41. The predicted octanol–water partition coefficient (Wildman–Crippen LogP) is 3.01. The van der Waals surface area contributed by atoms with Crippen LogP contribution in [0.1, 0.15) is 38.7 Å². The van der Waals surface area contributed by atoms with Gasteiger partial charge in [0.2, 0.25) is 21.8 Å². The Morgan fingerprint density at radius 2 is 1.77 bits per heavy atom. The molecule has 0 saturated carbocycles. The Balaban J connectivity index is 1.54. The van der Waals surface area contributed by atoms with E-state index in [1.807, 2.05) is 24.3 Å². The van der Waals surface area contributed by atoms with E-state index in [1.165, 1.54) is 9.21 Å². The van der Waals surface area contributed by atoms with Gasteiger partial charge in [0, 0.05) is 31.9 Å². The summed E-state index contributed by atoms with van der Waals surface area (Å²) in [6.45, 7) is 5.55. The number of anilines is 3. The molecule has 1 unspecified atom stereocenters. The second-order valence-electron chi connectivity index (χ2n) is 9.29.